The minimum atomic E-state index is -0.0657. The maximum Gasteiger partial charge on any atom is 0.310 e. The molecule has 26 heavy (non-hydrogen) atoms. The van der Waals surface area contributed by atoms with Crippen LogP contribution in [0.25, 0.3) is 0 Å². The number of nitrogens with one attached hydrogen (secondary N) is 1. The predicted octanol–water partition coefficient (Wildman–Crippen LogP) is 2.72. The molecule has 1 atom stereocenters. The average Bonchev–Trinajstić information content (AvgIpc) is 3.16. The molecular weight excluding hydrogens is 443 g/mol. The Bertz CT molecular complexity index is 441. The lowest BCUT2D eigenvalue weighted by Crippen LogP contribution is -2.48. The number of ether oxygens (including phenoxy) is 1. The fraction of sp³-hybridized carbons (Fsp3) is 0.895. The Morgan fingerprint density at radius 1 is 1.23 bits per heavy atom. The van der Waals surface area contributed by atoms with Gasteiger partial charge in [-0.05, 0) is 46.6 Å². The number of piperidine rings is 1. The highest BCUT2D eigenvalue weighted by atomic mass is 127. The third-order valence-electron chi connectivity index (χ3n) is 5.34. The van der Waals surface area contributed by atoms with Crippen LogP contribution in [0.5, 0.6) is 0 Å². The van der Waals surface area contributed by atoms with Crippen LogP contribution in [0.1, 0.15) is 52.4 Å². The van der Waals surface area contributed by atoms with E-state index < -0.39 is 0 Å². The maximum atomic E-state index is 12.1. The number of likely N-dealkylation sites (tertiary alicyclic amines) is 1. The van der Waals surface area contributed by atoms with E-state index in [-0.39, 0.29) is 35.9 Å². The van der Waals surface area contributed by atoms with Gasteiger partial charge >= 0.3 is 5.97 Å². The number of nitrogens with zero attached hydrogens (tertiary/aromatic N) is 3. The van der Waals surface area contributed by atoms with E-state index in [1.807, 2.05) is 6.92 Å². The van der Waals surface area contributed by atoms with Crippen molar-refractivity contribution in [1.82, 2.24) is 15.1 Å². The molecule has 6 nitrogen and oxygen atoms in total. The molecule has 1 N–H and O–H groups in total. The zero-order chi connectivity index (χ0) is 18.1. The number of halogens is 1. The third-order valence-corrected chi connectivity index (χ3v) is 5.34. The second kappa shape index (κ2) is 12.8. The predicted molar refractivity (Wildman–Crippen MR) is 117 cm³/mol. The first-order chi connectivity index (χ1) is 12.2. The van der Waals surface area contributed by atoms with Crippen LogP contribution in [-0.2, 0) is 9.53 Å². The molecule has 2 fully saturated rings. The van der Waals surface area contributed by atoms with Crippen molar-refractivity contribution in [3.8, 4) is 0 Å². The van der Waals surface area contributed by atoms with Crippen molar-refractivity contribution in [3.63, 3.8) is 0 Å². The lowest BCUT2D eigenvalue weighted by molar-refractivity contribution is -0.149. The van der Waals surface area contributed by atoms with Crippen LogP contribution >= 0.6 is 24.0 Å². The molecule has 0 bridgehead atoms. The molecule has 1 aliphatic carbocycles. The smallest absolute Gasteiger partial charge is 0.310 e. The second-order valence-electron chi connectivity index (χ2n) is 7.19. The zero-order valence-electron chi connectivity index (χ0n) is 16.7. The van der Waals surface area contributed by atoms with Gasteiger partial charge in [0.25, 0.3) is 0 Å². The SMILES string of the molecule is CCNC(=NCCN(C)C1CCCC1)N1CCCC(C(=O)OCC)C1.I. The summed E-state index contributed by atoms with van der Waals surface area (Å²) in [6, 6.07) is 0.737. The Hall–Kier alpha value is -0.570. The van der Waals surface area contributed by atoms with Gasteiger partial charge in [0.05, 0.1) is 19.1 Å². The van der Waals surface area contributed by atoms with E-state index in [9.17, 15) is 4.79 Å². The van der Waals surface area contributed by atoms with Crippen LogP contribution in [0.4, 0.5) is 0 Å². The number of carbonyl (C=O) groups is 1. The molecule has 0 spiro atoms. The zero-order valence-corrected chi connectivity index (χ0v) is 19.0. The lowest BCUT2D eigenvalue weighted by Gasteiger charge is -2.34. The number of hydrogen-bond donors (Lipinski definition) is 1. The van der Waals surface area contributed by atoms with E-state index in [1.165, 1.54) is 25.7 Å². The number of aliphatic imine (C=N–C) groups is 1. The van der Waals surface area contributed by atoms with Gasteiger partial charge in [-0.1, -0.05) is 12.8 Å². The molecule has 0 amide bonds. The summed E-state index contributed by atoms with van der Waals surface area (Å²) < 4.78 is 5.21. The summed E-state index contributed by atoms with van der Waals surface area (Å²) in [5.74, 6) is 0.846. The van der Waals surface area contributed by atoms with Crippen molar-refractivity contribution in [2.24, 2.45) is 10.9 Å². The monoisotopic (exact) mass is 480 g/mol. The van der Waals surface area contributed by atoms with Crippen LogP contribution < -0.4 is 5.32 Å². The van der Waals surface area contributed by atoms with Crippen LogP contribution in [0.3, 0.4) is 0 Å². The van der Waals surface area contributed by atoms with Crippen molar-refractivity contribution in [1.29, 1.82) is 0 Å². The highest BCUT2D eigenvalue weighted by Crippen LogP contribution is 2.22. The minimum absolute atomic E-state index is 0. The summed E-state index contributed by atoms with van der Waals surface area (Å²) in [7, 11) is 2.22. The Balaban J connectivity index is 0.00000338. The van der Waals surface area contributed by atoms with Crippen molar-refractivity contribution < 1.29 is 9.53 Å². The first-order valence-corrected chi connectivity index (χ1v) is 10.1. The molecule has 2 rings (SSSR count). The van der Waals surface area contributed by atoms with Gasteiger partial charge in [-0.25, -0.2) is 0 Å². The Labute approximate surface area is 176 Å². The van der Waals surface area contributed by atoms with Crippen molar-refractivity contribution in [2.45, 2.75) is 58.4 Å². The van der Waals surface area contributed by atoms with Crippen LogP contribution in [0, 0.1) is 5.92 Å². The molecule has 0 aromatic carbocycles. The third kappa shape index (κ3) is 7.21. The number of guanidine groups is 1. The molecule has 1 saturated carbocycles. The lowest BCUT2D eigenvalue weighted by atomic mass is 9.98. The summed E-state index contributed by atoms with van der Waals surface area (Å²) in [6.45, 7) is 8.72. The summed E-state index contributed by atoms with van der Waals surface area (Å²) in [6.07, 6.45) is 7.31. The topological polar surface area (TPSA) is 57.2 Å². The van der Waals surface area contributed by atoms with Gasteiger partial charge in [0.15, 0.2) is 5.96 Å². The number of esters is 1. The number of carbonyl (C=O) groups excluding carboxylic acids is 1. The van der Waals surface area contributed by atoms with Crippen molar-refractivity contribution in [3.05, 3.63) is 0 Å². The second-order valence-corrected chi connectivity index (χ2v) is 7.19. The molecule has 0 radical (unpaired) electrons. The molecule has 7 heteroatoms. The van der Waals surface area contributed by atoms with Gasteiger partial charge < -0.3 is 19.9 Å². The first kappa shape index (κ1) is 23.5. The van der Waals surface area contributed by atoms with Gasteiger partial charge in [-0.3, -0.25) is 9.79 Å². The van der Waals surface area contributed by atoms with Gasteiger partial charge in [0, 0.05) is 32.2 Å². The Morgan fingerprint density at radius 2 is 1.96 bits per heavy atom. The molecule has 1 saturated heterocycles. The number of likely N-dealkylation sites (N-methyl/N-ethyl adjacent to an activating group) is 1. The van der Waals surface area contributed by atoms with E-state index in [0.29, 0.717) is 13.2 Å². The average molecular weight is 480 g/mol. The Morgan fingerprint density at radius 3 is 2.62 bits per heavy atom. The highest BCUT2D eigenvalue weighted by Gasteiger charge is 2.28. The summed E-state index contributed by atoms with van der Waals surface area (Å²) in [4.78, 5) is 21.6. The number of rotatable bonds is 7. The van der Waals surface area contributed by atoms with E-state index in [1.54, 1.807) is 0 Å². The molecule has 0 aromatic heterocycles. The Kier molecular flexibility index (Phi) is 11.5. The fourth-order valence-corrected chi connectivity index (χ4v) is 3.89. The van der Waals surface area contributed by atoms with E-state index in [2.05, 4.69) is 29.1 Å². The van der Waals surface area contributed by atoms with Gasteiger partial charge in [-0.2, -0.15) is 0 Å². The maximum absolute atomic E-state index is 12.1. The van der Waals surface area contributed by atoms with Crippen molar-refractivity contribution in [2.75, 3.05) is 46.4 Å². The highest BCUT2D eigenvalue weighted by molar-refractivity contribution is 14.0. The van der Waals surface area contributed by atoms with Gasteiger partial charge in [-0.15, -0.1) is 24.0 Å². The summed E-state index contributed by atoms with van der Waals surface area (Å²) in [5.41, 5.74) is 0. The van der Waals surface area contributed by atoms with Crippen LogP contribution in [0.15, 0.2) is 4.99 Å². The quantitative estimate of drug-likeness (QED) is 0.263. The number of hydrogen-bond acceptors (Lipinski definition) is 4. The van der Waals surface area contributed by atoms with E-state index in [0.717, 1.165) is 51.0 Å². The van der Waals surface area contributed by atoms with Gasteiger partial charge in [0.2, 0.25) is 0 Å². The molecule has 0 aromatic rings. The minimum Gasteiger partial charge on any atom is -0.466 e. The molecule has 1 heterocycles. The van der Waals surface area contributed by atoms with E-state index in [4.69, 9.17) is 9.73 Å². The van der Waals surface area contributed by atoms with Crippen LogP contribution in [0.2, 0.25) is 0 Å². The normalized spacial score (nSPS) is 21.6. The van der Waals surface area contributed by atoms with Gasteiger partial charge in [0.1, 0.15) is 0 Å². The summed E-state index contributed by atoms with van der Waals surface area (Å²) >= 11 is 0. The molecule has 152 valence electrons. The summed E-state index contributed by atoms with van der Waals surface area (Å²) in [5, 5.41) is 3.39. The molecule has 1 aliphatic heterocycles. The molecular formula is C19H37IN4O2. The first-order valence-electron chi connectivity index (χ1n) is 10.1. The standard InChI is InChI=1S/C19H36N4O2.HI/c1-4-20-19(21-12-14-22(3)17-10-6-7-11-17)23-13-8-9-16(15-23)18(24)25-5-2;/h16-17H,4-15H2,1-3H3,(H,20,21);1H. The van der Waals surface area contributed by atoms with Crippen LogP contribution in [-0.4, -0.2) is 74.1 Å². The van der Waals surface area contributed by atoms with E-state index >= 15 is 0 Å². The largest absolute Gasteiger partial charge is 0.466 e. The fourth-order valence-electron chi connectivity index (χ4n) is 3.89. The molecule has 2 aliphatic rings. The van der Waals surface area contributed by atoms with Crippen molar-refractivity contribution >= 4 is 35.9 Å². The molecule has 1 unspecified atom stereocenters.